The van der Waals surface area contributed by atoms with E-state index in [9.17, 15) is 19.2 Å². The van der Waals surface area contributed by atoms with E-state index in [1.54, 1.807) is 4.68 Å². The normalized spacial score (nSPS) is 25.8. The first-order valence-electron chi connectivity index (χ1n) is 20.1. The van der Waals surface area contributed by atoms with Crippen LogP contribution >= 0.6 is 0 Å². The van der Waals surface area contributed by atoms with Crippen molar-refractivity contribution in [3.05, 3.63) is 90.0 Å². The van der Waals surface area contributed by atoms with Crippen LogP contribution in [-0.2, 0) is 9.59 Å². The number of nitrogens with two attached hydrogens (primary N) is 1. The van der Waals surface area contributed by atoms with Gasteiger partial charge in [-0.15, -0.1) is 0 Å². The summed E-state index contributed by atoms with van der Waals surface area (Å²) >= 11 is 0. The third-order valence-electron chi connectivity index (χ3n) is 12.7. The van der Waals surface area contributed by atoms with Crippen molar-refractivity contribution in [1.82, 2.24) is 34.9 Å². The molecule has 0 spiro atoms. The first-order valence-corrected chi connectivity index (χ1v) is 20.1. The number of amides is 4. The maximum absolute atomic E-state index is 16.4. The van der Waals surface area contributed by atoms with Crippen LogP contribution in [0.5, 0.6) is 11.5 Å². The highest BCUT2D eigenvalue weighted by Gasteiger charge is 2.47. The number of nitrogens with one attached hydrogen (secondary N) is 1. The molecule has 14 nitrogen and oxygen atoms in total. The summed E-state index contributed by atoms with van der Waals surface area (Å²) in [6.45, 7) is 1.75. The van der Waals surface area contributed by atoms with Gasteiger partial charge in [-0.3, -0.25) is 34.3 Å². The second-order valence-corrected chi connectivity index (χ2v) is 16.2. The molecule has 4 aliphatic heterocycles. The number of piperidine rings is 1. The molecule has 4 fully saturated rings. The van der Waals surface area contributed by atoms with Gasteiger partial charge in [-0.1, -0.05) is 18.2 Å². The van der Waals surface area contributed by atoms with E-state index >= 15 is 8.78 Å². The van der Waals surface area contributed by atoms with E-state index < -0.39 is 47.7 Å². The average Bonchev–Trinajstić information content (AvgIpc) is 3.80. The third-order valence-corrected chi connectivity index (χ3v) is 12.7. The Morgan fingerprint density at radius 3 is 2.27 bits per heavy atom. The van der Waals surface area contributed by atoms with E-state index in [0.29, 0.717) is 55.0 Å². The van der Waals surface area contributed by atoms with Crippen LogP contribution in [0.15, 0.2) is 73.1 Å². The molecule has 5 aliphatic rings. The van der Waals surface area contributed by atoms with Gasteiger partial charge in [0.15, 0.2) is 5.65 Å². The van der Waals surface area contributed by atoms with Crippen molar-refractivity contribution < 1.29 is 32.7 Å². The molecule has 6 atom stereocenters. The topological polar surface area (TPSA) is 169 Å². The van der Waals surface area contributed by atoms with Crippen molar-refractivity contribution in [3.63, 3.8) is 0 Å². The number of fused-ring (bicyclic) bond motifs is 4. The SMILES string of the molecule is Nc1ncnc2c1c(-c1ccc(Oc3ccccc3)cc1)nn2C1CCC(CN2C3CCC2CN(c2cc4c(cc2F)C(=O)N(C2CCC(=O)NC2=O)C4=O)C3)CC1F. The molecule has 2 bridgehead atoms. The first-order chi connectivity index (χ1) is 28.6. The molecule has 2 aromatic heterocycles. The maximum atomic E-state index is 16.4. The summed E-state index contributed by atoms with van der Waals surface area (Å²) in [6, 6.07) is 18.1. The van der Waals surface area contributed by atoms with Gasteiger partial charge in [0.25, 0.3) is 11.8 Å². The third kappa shape index (κ3) is 6.45. The Hall–Kier alpha value is -6.29. The standard InChI is InChI=1S/C43H41F2N9O5/c44-31-16-23(6-13-33(31)54-40-37(39(46)47-22-48-40)38(50-54)24-7-11-28(12-8-24)59-27-4-2-1-3-5-27)19-52-25-9-10-26(52)21-51(20-25)35-18-30-29(17-32(35)45)42(57)53(43(30)58)34-14-15-36(55)49-41(34)56/h1-5,7-8,11-12,17-18,22-23,25-26,31,33-34H,6,9-10,13-16,19-21H2,(H2,46,47,48)(H,49,55,56). The van der Waals surface area contributed by atoms with Crippen LogP contribution in [0.3, 0.4) is 0 Å². The molecule has 5 aromatic rings. The molecule has 3 aromatic carbocycles. The van der Waals surface area contributed by atoms with E-state index in [4.69, 9.17) is 15.6 Å². The Kier molecular flexibility index (Phi) is 9.11. The molecule has 6 unspecified atom stereocenters. The average molecular weight is 802 g/mol. The molecule has 59 heavy (non-hydrogen) atoms. The zero-order chi connectivity index (χ0) is 40.5. The van der Waals surface area contributed by atoms with Crippen LogP contribution in [0.4, 0.5) is 20.3 Å². The minimum absolute atomic E-state index is 0.000184. The summed E-state index contributed by atoms with van der Waals surface area (Å²) in [5.74, 6) is -1.44. The van der Waals surface area contributed by atoms with Crippen molar-refractivity contribution in [2.24, 2.45) is 5.92 Å². The molecule has 1 saturated carbocycles. The lowest BCUT2D eigenvalue weighted by Crippen LogP contribution is -2.55. The Labute approximate surface area is 337 Å². The number of halogens is 2. The molecule has 6 heterocycles. The van der Waals surface area contributed by atoms with Gasteiger partial charge in [0.2, 0.25) is 11.8 Å². The number of piperazine rings is 1. The van der Waals surface area contributed by atoms with Gasteiger partial charge >= 0.3 is 0 Å². The number of hydrogen-bond donors (Lipinski definition) is 2. The number of hydrogen-bond acceptors (Lipinski definition) is 11. The zero-order valence-corrected chi connectivity index (χ0v) is 32.0. The number of rotatable bonds is 8. The number of imide groups is 2. The lowest BCUT2D eigenvalue weighted by molar-refractivity contribution is -0.136. The number of carbonyl (C=O) groups excluding carboxylic acids is 4. The highest BCUT2D eigenvalue weighted by Crippen LogP contribution is 2.42. The number of anilines is 2. The van der Waals surface area contributed by atoms with E-state index in [0.717, 1.165) is 41.5 Å². The molecule has 0 radical (unpaired) electrons. The van der Waals surface area contributed by atoms with Crippen LogP contribution in [0.25, 0.3) is 22.3 Å². The van der Waals surface area contributed by atoms with Gasteiger partial charge in [0.1, 0.15) is 47.4 Å². The van der Waals surface area contributed by atoms with Gasteiger partial charge < -0.3 is 15.4 Å². The van der Waals surface area contributed by atoms with Crippen molar-refractivity contribution in [2.75, 3.05) is 30.3 Å². The van der Waals surface area contributed by atoms with Crippen molar-refractivity contribution in [1.29, 1.82) is 0 Å². The molecule has 1 aliphatic carbocycles. The fourth-order valence-electron chi connectivity index (χ4n) is 9.86. The lowest BCUT2D eigenvalue weighted by Gasteiger charge is -2.44. The monoisotopic (exact) mass is 801 g/mol. The zero-order valence-electron chi connectivity index (χ0n) is 32.0. The second-order valence-electron chi connectivity index (χ2n) is 16.2. The summed E-state index contributed by atoms with van der Waals surface area (Å²) in [6.07, 6.45) is 3.74. The highest BCUT2D eigenvalue weighted by molar-refractivity contribution is 6.23. The van der Waals surface area contributed by atoms with Crippen LogP contribution in [0.1, 0.15) is 71.7 Å². The summed E-state index contributed by atoms with van der Waals surface area (Å²) in [7, 11) is 0. The minimum Gasteiger partial charge on any atom is -0.457 e. The Balaban J connectivity index is 0.814. The number of carbonyl (C=O) groups is 4. The van der Waals surface area contributed by atoms with E-state index in [2.05, 4.69) is 20.2 Å². The fourth-order valence-corrected chi connectivity index (χ4v) is 9.86. The quantitative estimate of drug-likeness (QED) is 0.192. The molecule has 3 N–H and O–H groups in total. The van der Waals surface area contributed by atoms with Gasteiger partial charge in [-0.25, -0.2) is 23.4 Å². The molecular formula is C43H41F2N9O5. The summed E-state index contributed by atoms with van der Waals surface area (Å²) in [5, 5.41) is 7.69. The first kappa shape index (κ1) is 37.0. The number of benzene rings is 3. The van der Waals surface area contributed by atoms with E-state index in [1.165, 1.54) is 12.4 Å². The summed E-state index contributed by atoms with van der Waals surface area (Å²) in [4.78, 5) is 64.9. The van der Waals surface area contributed by atoms with Crippen molar-refractivity contribution >= 4 is 46.2 Å². The molecule has 16 heteroatoms. The molecule has 3 saturated heterocycles. The smallest absolute Gasteiger partial charge is 0.262 e. The van der Waals surface area contributed by atoms with Gasteiger partial charge in [-0.2, -0.15) is 5.10 Å². The van der Waals surface area contributed by atoms with Crippen LogP contribution in [-0.4, -0.2) is 97.1 Å². The van der Waals surface area contributed by atoms with Crippen LogP contribution in [0.2, 0.25) is 0 Å². The van der Waals surface area contributed by atoms with Crippen molar-refractivity contribution in [3.8, 4) is 22.8 Å². The largest absolute Gasteiger partial charge is 0.457 e. The lowest BCUT2D eigenvalue weighted by atomic mass is 9.84. The molecule has 4 amide bonds. The van der Waals surface area contributed by atoms with Crippen LogP contribution in [0, 0.1) is 11.7 Å². The Morgan fingerprint density at radius 1 is 0.847 bits per heavy atom. The number of alkyl halides is 1. The fraction of sp³-hybridized carbons (Fsp3) is 0.372. The van der Waals surface area contributed by atoms with Gasteiger partial charge in [0, 0.05) is 43.7 Å². The van der Waals surface area contributed by atoms with Crippen LogP contribution < -0.4 is 20.7 Å². The predicted molar refractivity (Wildman–Crippen MR) is 212 cm³/mol. The number of ether oxygens (including phenoxy) is 1. The molecule has 302 valence electrons. The minimum atomic E-state index is -1.18. The van der Waals surface area contributed by atoms with Crippen molar-refractivity contribution in [2.45, 2.75) is 75.3 Å². The number of para-hydroxylation sites is 1. The highest BCUT2D eigenvalue weighted by atomic mass is 19.1. The number of nitrogens with zero attached hydrogens (tertiary/aromatic N) is 7. The summed E-state index contributed by atoms with van der Waals surface area (Å²) < 4.78 is 39.8. The number of nitrogen functional groups attached to an aromatic ring is 1. The van der Waals surface area contributed by atoms with E-state index in [-0.39, 0.29) is 53.5 Å². The predicted octanol–water partition coefficient (Wildman–Crippen LogP) is 5.44. The van der Waals surface area contributed by atoms with Gasteiger partial charge in [-0.05, 0) is 93.0 Å². The van der Waals surface area contributed by atoms with E-state index in [1.807, 2.05) is 59.5 Å². The molecular weight excluding hydrogens is 761 g/mol. The Morgan fingerprint density at radius 2 is 1.56 bits per heavy atom. The van der Waals surface area contributed by atoms with Gasteiger partial charge in [0.05, 0.1) is 28.2 Å². The number of aromatic nitrogens is 4. The summed E-state index contributed by atoms with van der Waals surface area (Å²) in [5.41, 5.74) is 8.44. The Bertz CT molecular complexity index is 2500. The maximum Gasteiger partial charge on any atom is 0.262 e. The molecule has 10 rings (SSSR count). The second kappa shape index (κ2) is 14.5.